The van der Waals surface area contributed by atoms with E-state index >= 15 is 0 Å². The third-order valence-corrected chi connectivity index (χ3v) is 5.75. The standard InChI is InChI=1S/C24H30N4O/c1-18-5-7-21(25-2)15-22(18)20-14-24(28-10-12-29-13-11-28)23(27-17-20)8-6-19-4-3-9-26-16-19/h5,7,14-15,17,19,25-26H,3-4,9-13,16H2,1-2H3. The molecule has 1 unspecified atom stereocenters. The zero-order valence-corrected chi connectivity index (χ0v) is 17.4. The molecule has 2 aromatic rings. The van der Waals surface area contributed by atoms with Crippen LogP contribution in [0.1, 0.15) is 24.1 Å². The lowest BCUT2D eigenvalue weighted by Gasteiger charge is -2.29. The van der Waals surface area contributed by atoms with E-state index in [0.717, 1.165) is 62.0 Å². The molecule has 1 aromatic heterocycles. The molecular weight excluding hydrogens is 360 g/mol. The second-order valence-electron chi connectivity index (χ2n) is 7.78. The van der Waals surface area contributed by atoms with Crippen molar-refractivity contribution in [3.05, 3.63) is 41.7 Å². The number of morpholine rings is 1. The fourth-order valence-electron chi connectivity index (χ4n) is 3.98. The van der Waals surface area contributed by atoms with Gasteiger partial charge in [0.25, 0.3) is 0 Å². The van der Waals surface area contributed by atoms with E-state index in [2.05, 4.69) is 58.6 Å². The minimum Gasteiger partial charge on any atom is -0.388 e. The zero-order valence-electron chi connectivity index (χ0n) is 17.4. The van der Waals surface area contributed by atoms with Gasteiger partial charge < -0.3 is 20.3 Å². The molecule has 0 aliphatic carbocycles. The van der Waals surface area contributed by atoms with Crippen LogP contribution in [0, 0.1) is 24.7 Å². The van der Waals surface area contributed by atoms with Crippen molar-refractivity contribution in [1.29, 1.82) is 0 Å². The van der Waals surface area contributed by atoms with Crippen LogP contribution in [-0.2, 0) is 4.74 Å². The van der Waals surface area contributed by atoms with Crippen LogP contribution < -0.4 is 15.5 Å². The third kappa shape index (κ3) is 4.72. The minimum atomic E-state index is 0.414. The lowest BCUT2D eigenvalue weighted by molar-refractivity contribution is 0.122. The van der Waals surface area contributed by atoms with Crippen molar-refractivity contribution >= 4 is 11.4 Å². The summed E-state index contributed by atoms with van der Waals surface area (Å²) >= 11 is 0. The van der Waals surface area contributed by atoms with Gasteiger partial charge in [-0.25, -0.2) is 4.98 Å². The van der Waals surface area contributed by atoms with E-state index in [1.54, 1.807) is 0 Å². The maximum atomic E-state index is 5.57. The van der Waals surface area contributed by atoms with Crippen LogP contribution in [0.3, 0.4) is 0 Å². The molecule has 1 aromatic carbocycles. The van der Waals surface area contributed by atoms with Crippen LogP contribution in [0.15, 0.2) is 30.5 Å². The first kappa shape index (κ1) is 19.8. The number of anilines is 2. The average Bonchev–Trinajstić information content (AvgIpc) is 2.79. The highest BCUT2D eigenvalue weighted by atomic mass is 16.5. The van der Waals surface area contributed by atoms with Gasteiger partial charge in [0.2, 0.25) is 0 Å². The zero-order chi connectivity index (χ0) is 20.1. The molecule has 5 heteroatoms. The van der Waals surface area contributed by atoms with E-state index in [9.17, 15) is 0 Å². The Kier molecular flexibility index (Phi) is 6.33. The summed E-state index contributed by atoms with van der Waals surface area (Å²) in [6.07, 6.45) is 4.33. The number of aromatic nitrogens is 1. The van der Waals surface area contributed by atoms with Crippen molar-refractivity contribution < 1.29 is 4.74 Å². The number of nitrogens with one attached hydrogen (secondary N) is 2. The molecule has 2 aliphatic rings. The second-order valence-corrected chi connectivity index (χ2v) is 7.78. The number of rotatable bonds is 3. The van der Waals surface area contributed by atoms with Crippen LogP contribution in [-0.4, -0.2) is 51.4 Å². The molecule has 29 heavy (non-hydrogen) atoms. The van der Waals surface area contributed by atoms with Gasteiger partial charge in [0.1, 0.15) is 5.69 Å². The average molecular weight is 391 g/mol. The first-order chi connectivity index (χ1) is 14.2. The van der Waals surface area contributed by atoms with Gasteiger partial charge in [0, 0.05) is 50.0 Å². The van der Waals surface area contributed by atoms with Gasteiger partial charge in [-0.05, 0) is 61.6 Å². The van der Waals surface area contributed by atoms with Crippen LogP contribution in [0.4, 0.5) is 11.4 Å². The molecule has 0 spiro atoms. The van der Waals surface area contributed by atoms with Crippen LogP contribution in [0.5, 0.6) is 0 Å². The van der Waals surface area contributed by atoms with Gasteiger partial charge in [-0.2, -0.15) is 0 Å². The summed E-state index contributed by atoms with van der Waals surface area (Å²) in [5, 5.41) is 6.68. The van der Waals surface area contributed by atoms with Crippen LogP contribution in [0.25, 0.3) is 11.1 Å². The van der Waals surface area contributed by atoms with E-state index < -0.39 is 0 Å². The number of pyridine rings is 1. The first-order valence-corrected chi connectivity index (χ1v) is 10.6. The predicted molar refractivity (Wildman–Crippen MR) is 119 cm³/mol. The van der Waals surface area contributed by atoms with E-state index in [0.29, 0.717) is 5.92 Å². The van der Waals surface area contributed by atoms with Crippen molar-refractivity contribution in [3.8, 4) is 23.0 Å². The molecule has 2 saturated heterocycles. The Morgan fingerprint density at radius 1 is 1.24 bits per heavy atom. The molecule has 0 saturated carbocycles. The lowest BCUT2D eigenvalue weighted by Crippen LogP contribution is -2.36. The Bertz CT molecular complexity index is 903. The van der Waals surface area contributed by atoms with Crippen molar-refractivity contribution in [2.24, 2.45) is 5.92 Å². The maximum absolute atomic E-state index is 5.57. The summed E-state index contributed by atoms with van der Waals surface area (Å²) < 4.78 is 5.57. The predicted octanol–water partition coefficient (Wildman–Crippen LogP) is 3.29. The van der Waals surface area contributed by atoms with Crippen molar-refractivity contribution in [3.63, 3.8) is 0 Å². The highest BCUT2D eigenvalue weighted by molar-refractivity contribution is 5.75. The third-order valence-electron chi connectivity index (χ3n) is 5.75. The summed E-state index contributed by atoms with van der Waals surface area (Å²) in [5.41, 5.74) is 6.68. The molecule has 5 nitrogen and oxygen atoms in total. The number of benzene rings is 1. The number of ether oxygens (including phenoxy) is 1. The second kappa shape index (κ2) is 9.30. The van der Waals surface area contributed by atoms with Crippen LogP contribution in [0.2, 0.25) is 0 Å². The molecule has 1 atom stereocenters. The highest BCUT2D eigenvalue weighted by Crippen LogP contribution is 2.31. The molecule has 2 N–H and O–H groups in total. The molecule has 2 aliphatic heterocycles. The van der Waals surface area contributed by atoms with Crippen molar-refractivity contribution in [2.45, 2.75) is 19.8 Å². The monoisotopic (exact) mass is 390 g/mol. The fourth-order valence-corrected chi connectivity index (χ4v) is 3.98. The Morgan fingerprint density at radius 3 is 2.86 bits per heavy atom. The summed E-state index contributed by atoms with van der Waals surface area (Å²) in [4.78, 5) is 7.18. The van der Waals surface area contributed by atoms with E-state index in [1.165, 1.54) is 24.0 Å². The topological polar surface area (TPSA) is 49.4 Å². The Hall–Kier alpha value is -2.55. The number of hydrogen-bond donors (Lipinski definition) is 2. The van der Waals surface area contributed by atoms with Crippen LogP contribution >= 0.6 is 0 Å². The Labute approximate surface area is 173 Å². The largest absolute Gasteiger partial charge is 0.388 e. The van der Waals surface area contributed by atoms with E-state index in [1.807, 2.05) is 13.2 Å². The number of hydrogen-bond acceptors (Lipinski definition) is 5. The summed E-state index contributed by atoms with van der Waals surface area (Å²) in [5.74, 6) is 7.28. The highest BCUT2D eigenvalue weighted by Gasteiger charge is 2.17. The van der Waals surface area contributed by atoms with Gasteiger partial charge in [0.15, 0.2) is 0 Å². The van der Waals surface area contributed by atoms with Gasteiger partial charge in [-0.15, -0.1) is 0 Å². The molecule has 0 amide bonds. The Morgan fingerprint density at radius 2 is 2.10 bits per heavy atom. The number of piperidine rings is 1. The molecule has 0 bridgehead atoms. The van der Waals surface area contributed by atoms with Crippen molar-refractivity contribution in [1.82, 2.24) is 10.3 Å². The molecule has 4 rings (SSSR count). The smallest absolute Gasteiger partial charge is 0.136 e. The molecule has 0 radical (unpaired) electrons. The summed E-state index contributed by atoms with van der Waals surface area (Å²) in [7, 11) is 1.95. The van der Waals surface area contributed by atoms with E-state index in [-0.39, 0.29) is 0 Å². The molecule has 2 fully saturated rings. The summed E-state index contributed by atoms with van der Waals surface area (Å²) in [6, 6.07) is 8.70. The lowest BCUT2D eigenvalue weighted by atomic mass is 9.99. The van der Waals surface area contributed by atoms with Gasteiger partial charge in [0.05, 0.1) is 18.9 Å². The number of aryl methyl sites for hydroxylation is 1. The van der Waals surface area contributed by atoms with Gasteiger partial charge >= 0.3 is 0 Å². The van der Waals surface area contributed by atoms with Gasteiger partial charge in [-0.1, -0.05) is 12.0 Å². The molecule has 3 heterocycles. The van der Waals surface area contributed by atoms with Crippen molar-refractivity contribution in [2.75, 3.05) is 56.7 Å². The molecule has 152 valence electrons. The fraction of sp³-hybridized carbons (Fsp3) is 0.458. The normalized spacial score (nSPS) is 19.4. The minimum absolute atomic E-state index is 0.414. The van der Waals surface area contributed by atoms with Gasteiger partial charge in [-0.3, -0.25) is 0 Å². The quantitative estimate of drug-likeness (QED) is 0.788. The Balaban J connectivity index is 1.71. The number of nitrogens with zero attached hydrogens (tertiary/aromatic N) is 2. The first-order valence-electron chi connectivity index (χ1n) is 10.6. The summed E-state index contributed by atoms with van der Waals surface area (Å²) in [6.45, 7) is 7.48. The molecular formula is C24H30N4O. The SMILES string of the molecule is CNc1ccc(C)c(-c2cnc(C#CC3CCCNC3)c(N3CCOCC3)c2)c1. The maximum Gasteiger partial charge on any atom is 0.136 e. The van der Waals surface area contributed by atoms with E-state index in [4.69, 9.17) is 9.72 Å².